The standard InChI is InChI=1S/C54H35N3/c1-3-17-36(18-4-1)39-25-15-26-44-40-21-7-8-22-41(40)45-27-16-28-46-47-35-38(55-48-29-11-9-23-42(48)43-24-10-12-30-49(43)55)33-34-50(47)57(54(45)46)52-32-14-13-31-51(52)56(53(39)44)37-19-5-2-6-20-37/h1-35H. The molecule has 12 rings (SSSR count). The highest BCUT2D eigenvalue weighted by atomic mass is 15.2. The zero-order chi connectivity index (χ0) is 37.5. The molecule has 0 radical (unpaired) electrons. The molecule has 1 aliphatic rings. The highest BCUT2D eigenvalue weighted by molar-refractivity contribution is 6.17. The van der Waals surface area contributed by atoms with E-state index in [-0.39, 0.29) is 0 Å². The van der Waals surface area contributed by atoms with Crippen LogP contribution in [0.4, 0.5) is 17.1 Å². The summed E-state index contributed by atoms with van der Waals surface area (Å²) in [5.41, 5.74) is 17.5. The Balaban J connectivity index is 1.24. The van der Waals surface area contributed by atoms with Crippen molar-refractivity contribution in [2.75, 3.05) is 4.90 Å². The molecule has 3 nitrogen and oxygen atoms in total. The van der Waals surface area contributed by atoms with Gasteiger partial charge < -0.3 is 14.0 Å². The maximum atomic E-state index is 2.52. The molecule has 0 aliphatic carbocycles. The molecule has 3 heteroatoms. The van der Waals surface area contributed by atoms with Gasteiger partial charge in [-0.25, -0.2) is 0 Å². The zero-order valence-electron chi connectivity index (χ0n) is 31.0. The van der Waals surface area contributed by atoms with Crippen LogP contribution in [0.25, 0.3) is 88.4 Å². The molecule has 0 fully saturated rings. The van der Waals surface area contributed by atoms with Crippen molar-refractivity contribution in [1.82, 2.24) is 9.13 Å². The van der Waals surface area contributed by atoms with Crippen molar-refractivity contribution in [3.63, 3.8) is 0 Å². The molecule has 0 unspecified atom stereocenters. The molecule has 0 atom stereocenters. The molecule has 0 amide bonds. The van der Waals surface area contributed by atoms with Gasteiger partial charge in [-0.15, -0.1) is 0 Å². The third-order valence-corrected chi connectivity index (χ3v) is 11.8. The molecule has 3 heterocycles. The average molecular weight is 726 g/mol. The second kappa shape index (κ2) is 12.5. The van der Waals surface area contributed by atoms with Gasteiger partial charge in [0, 0.05) is 49.6 Å². The first-order chi connectivity index (χ1) is 28.3. The van der Waals surface area contributed by atoms with Crippen LogP contribution in [0, 0.1) is 0 Å². The van der Waals surface area contributed by atoms with Gasteiger partial charge in [-0.05, 0) is 71.3 Å². The van der Waals surface area contributed by atoms with E-state index < -0.39 is 0 Å². The number of rotatable bonds is 3. The SMILES string of the molecule is c1ccc(-c2cccc3c2N(c2ccccc2)c2ccccc2-n2c4ccc(-n5c6ccccc6c6ccccc65)cc4c4cccc(c42)-c2ccccc2-3)cc1. The first-order valence-electron chi connectivity index (χ1n) is 19.6. The van der Waals surface area contributed by atoms with Crippen molar-refractivity contribution in [2.24, 2.45) is 0 Å². The molecule has 11 aromatic rings. The lowest BCUT2D eigenvalue weighted by Crippen LogP contribution is -2.16. The zero-order valence-corrected chi connectivity index (χ0v) is 31.0. The molecular formula is C54H35N3. The Morgan fingerprint density at radius 1 is 0.281 bits per heavy atom. The van der Waals surface area contributed by atoms with Crippen LogP contribution in [0.1, 0.15) is 0 Å². The molecule has 0 saturated heterocycles. The van der Waals surface area contributed by atoms with Crippen LogP contribution in [-0.2, 0) is 0 Å². The smallest absolute Gasteiger partial charge is 0.0703 e. The van der Waals surface area contributed by atoms with Crippen molar-refractivity contribution < 1.29 is 0 Å². The number of anilines is 3. The van der Waals surface area contributed by atoms with Gasteiger partial charge in [0.25, 0.3) is 0 Å². The van der Waals surface area contributed by atoms with E-state index in [4.69, 9.17) is 0 Å². The number of aromatic nitrogens is 2. The third kappa shape index (κ3) is 4.66. The van der Waals surface area contributed by atoms with E-state index in [9.17, 15) is 0 Å². The summed E-state index contributed by atoms with van der Waals surface area (Å²) in [5, 5.41) is 4.96. The summed E-state index contributed by atoms with van der Waals surface area (Å²) in [5.74, 6) is 0. The molecule has 0 N–H and O–H groups in total. The molecule has 0 bridgehead atoms. The largest absolute Gasteiger partial charge is 0.309 e. The van der Waals surface area contributed by atoms with E-state index in [1.54, 1.807) is 0 Å². The van der Waals surface area contributed by atoms with Gasteiger partial charge in [-0.3, -0.25) is 0 Å². The Morgan fingerprint density at radius 3 is 1.56 bits per heavy atom. The number of fused-ring (bicyclic) bond motifs is 12. The number of hydrogen-bond donors (Lipinski definition) is 0. The number of hydrogen-bond acceptors (Lipinski definition) is 1. The van der Waals surface area contributed by atoms with Crippen LogP contribution >= 0.6 is 0 Å². The minimum atomic E-state index is 1.10. The quantitative estimate of drug-likeness (QED) is 0.177. The Bertz CT molecular complexity index is 3300. The van der Waals surface area contributed by atoms with Crippen LogP contribution in [0.5, 0.6) is 0 Å². The summed E-state index contributed by atoms with van der Waals surface area (Å²) in [6.07, 6.45) is 0. The van der Waals surface area contributed by atoms with Crippen LogP contribution in [0.15, 0.2) is 212 Å². The molecule has 266 valence electrons. The lowest BCUT2D eigenvalue weighted by molar-refractivity contribution is 1.14. The lowest BCUT2D eigenvalue weighted by Gasteiger charge is -2.33. The van der Waals surface area contributed by atoms with Gasteiger partial charge in [0.05, 0.1) is 39.1 Å². The van der Waals surface area contributed by atoms with E-state index in [2.05, 4.69) is 226 Å². The normalized spacial score (nSPS) is 12.2. The second-order valence-corrected chi connectivity index (χ2v) is 14.9. The van der Waals surface area contributed by atoms with Crippen LogP contribution in [-0.4, -0.2) is 9.13 Å². The molecular weight excluding hydrogens is 691 g/mol. The van der Waals surface area contributed by atoms with Crippen molar-refractivity contribution in [3.05, 3.63) is 212 Å². The third-order valence-electron chi connectivity index (χ3n) is 11.8. The van der Waals surface area contributed by atoms with Gasteiger partial charge in [-0.1, -0.05) is 158 Å². The molecule has 2 aromatic heterocycles. The molecule has 0 saturated carbocycles. The van der Waals surface area contributed by atoms with Gasteiger partial charge >= 0.3 is 0 Å². The van der Waals surface area contributed by atoms with E-state index in [1.165, 1.54) is 71.5 Å². The second-order valence-electron chi connectivity index (χ2n) is 14.9. The minimum absolute atomic E-state index is 1.10. The summed E-state index contributed by atoms with van der Waals surface area (Å²) in [6.45, 7) is 0. The molecule has 57 heavy (non-hydrogen) atoms. The Kier molecular flexibility index (Phi) is 6.93. The Labute approximate surface area is 330 Å². The molecule has 9 aromatic carbocycles. The maximum absolute atomic E-state index is 2.52. The first kappa shape index (κ1) is 31.7. The van der Waals surface area contributed by atoms with Gasteiger partial charge in [0.2, 0.25) is 0 Å². The van der Waals surface area contributed by atoms with Crippen molar-refractivity contribution in [2.45, 2.75) is 0 Å². The summed E-state index contributed by atoms with van der Waals surface area (Å²) in [4.78, 5) is 2.49. The fraction of sp³-hybridized carbons (Fsp3) is 0. The molecule has 1 aliphatic heterocycles. The van der Waals surface area contributed by atoms with Crippen molar-refractivity contribution >= 4 is 60.7 Å². The van der Waals surface area contributed by atoms with E-state index in [0.717, 1.165) is 34.0 Å². The van der Waals surface area contributed by atoms with Gasteiger partial charge in [0.15, 0.2) is 0 Å². The minimum Gasteiger partial charge on any atom is -0.309 e. The predicted molar refractivity (Wildman–Crippen MR) is 240 cm³/mol. The fourth-order valence-electron chi connectivity index (χ4n) is 9.48. The summed E-state index contributed by atoms with van der Waals surface area (Å²) >= 11 is 0. The fourth-order valence-corrected chi connectivity index (χ4v) is 9.48. The monoisotopic (exact) mass is 725 g/mol. The molecule has 0 spiro atoms. The topological polar surface area (TPSA) is 13.1 Å². The number of para-hydroxylation sites is 7. The van der Waals surface area contributed by atoms with Gasteiger partial charge in [0.1, 0.15) is 0 Å². The highest BCUT2D eigenvalue weighted by Gasteiger charge is 2.29. The van der Waals surface area contributed by atoms with Crippen molar-refractivity contribution in [3.8, 4) is 44.8 Å². The van der Waals surface area contributed by atoms with Crippen LogP contribution in [0.3, 0.4) is 0 Å². The van der Waals surface area contributed by atoms with E-state index in [1.807, 2.05) is 0 Å². The van der Waals surface area contributed by atoms with Crippen LogP contribution in [0.2, 0.25) is 0 Å². The lowest BCUT2D eigenvalue weighted by atomic mass is 9.88. The van der Waals surface area contributed by atoms with E-state index in [0.29, 0.717) is 0 Å². The maximum Gasteiger partial charge on any atom is 0.0703 e. The summed E-state index contributed by atoms with van der Waals surface area (Å²) in [6, 6.07) is 77.7. The Morgan fingerprint density at radius 2 is 0.807 bits per heavy atom. The predicted octanol–water partition coefficient (Wildman–Crippen LogP) is 14.7. The first-order valence-corrected chi connectivity index (χ1v) is 19.6. The summed E-state index contributed by atoms with van der Waals surface area (Å²) < 4.78 is 4.95. The number of nitrogens with zero attached hydrogens (tertiary/aromatic N) is 3. The number of benzene rings is 9. The average Bonchev–Trinajstić information content (AvgIpc) is 3.80. The van der Waals surface area contributed by atoms with E-state index >= 15 is 0 Å². The van der Waals surface area contributed by atoms with Gasteiger partial charge in [-0.2, -0.15) is 0 Å². The highest BCUT2D eigenvalue weighted by Crippen LogP contribution is 2.52. The van der Waals surface area contributed by atoms with Crippen molar-refractivity contribution in [1.29, 1.82) is 0 Å². The Hall–Kier alpha value is -7.62. The summed E-state index contributed by atoms with van der Waals surface area (Å²) in [7, 11) is 0. The van der Waals surface area contributed by atoms with Crippen LogP contribution < -0.4 is 4.90 Å².